The van der Waals surface area contributed by atoms with Gasteiger partial charge in [0.15, 0.2) is 0 Å². The van der Waals surface area contributed by atoms with Gasteiger partial charge in [0.1, 0.15) is 5.15 Å². The average Bonchev–Trinajstić information content (AvgIpc) is 1.85. The quantitative estimate of drug-likeness (QED) is 0.495. The number of rotatable bonds is 0. The lowest BCUT2D eigenvalue weighted by Crippen LogP contribution is -1.89. The second kappa shape index (κ2) is 5.04. The Morgan fingerprint density at radius 1 is 1.33 bits per heavy atom. The first-order valence-corrected chi connectivity index (χ1v) is 4.43. The molecular formula is C5H6ClNO4S. The van der Waals surface area contributed by atoms with Crippen LogP contribution in [-0.4, -0.2) is 22.5 Å². The van der Waals surface area contributed by atoms with Crippen molar-refractivity contribution in [1.29, 1.82) is 0 Å². The first kappa shape index (κ1) is 11.3. The number of aromatic nitrogens is 1. The normalized spacial score (nSPS) is 9.92. The van der Waals surface area contributed by atoms with E-state index in [2.05, 4.69) is 4.98 Å². The van der Waals surface area contributed by atoms with Crippen LogP contribution in [0.2, 0.25) is 5.15 Å². The van der Waals surface area contributed by atoms with Crippen molar-refractivity contribution in [3.63, 3.8) is 0 Å². The van der Waals surface area contributed by atoms with Crippen LogP contribution in [0.1, 0.15) is 0 Å². The van der Waals surface area contributed by atoms with Gasteiger partial charge in [-0.15, -0.1) is 0 Å². The average molecular weight is 212 g/mol. The molecule has 0 radical (unpaired) electrons. The van der Waals surface area contributed by atoms with E-state index in [4.69, 9.17) is 29.1 Å². The molecule has 1 rings (SSSR count). The molecule has 0 bridgehead atoms. The maximum Gasteiger partial charge on any atom is 0.394 e. The van der Waals surface area contributed by atoms with Gasteiger partial charge in [-0.25, -0.2) is 4.98 Å². The van der Waals surface area contributed by atoms with E-state index in [0.29, 0.717) is 5.15 Å². The van der Waals surface area contributed by atoms with Crippen LogP contribution in [0.25, 0.3) is 0 Å². The molecule has 0 amide bonds. The minimum absolute atomic E-state index is 0.544. The van der Waals surface area contributed by atoms with Crippen LogP contribution in [0.15, 0.2) is 24.4 Å². The van der Waals surface area contributed by atoms with E-state index in [-0.39, 0.29) is 0 Å². The molecule has 1 aromatic heterocycles. The summed E-state index contributed by atoms with van der Waals surface area (Å²) < 4.78 is 31.6. The van der Waals surface area contributed by atoms with Gasteiger partial charge in [0.2, 0.25) is 0 Å². The highest BCUT2D eigenvalue weighted by Crippen LogP contribution is 1.98. The minimum Gasteiger partial charge on any atom is -0.264 e. The lowest BCUT2D eigenvalue weighted by molar-refractivity contribution is 0.381. The minimum atomic E-state index is -4.67. The fraction of sp³-hybridized carbons (Fsp3) is 0. The van der Waals surface area contributed by atoms with E-state index in [1.807, 2.05) is 12.1 Å². The van der Waals surface area contributed by atoms with Crippen LogP contribution in [0.3, 0.4) is 0 Å². The second-order valence-electron chi connectivity index (χ2n) is 1.60. The second-order valence-corrected chi connectivity index (χ2v) is 2.88. The molecule has 12 heavy (non-hydrogen) atoms. The van der Waals surface area contributed by atoms with Gasteiger partial charge in [0, 0.05) is 6.20 Å². The molecule has 0 saturated carbocycles. The summed E-state index contributed by atoms with van der Waals surface area (Å²) in [7, 11) is -4.67. The van der Waals surface area contributed by atoms with Crippen LogP contribution < -0.4 is 0 Å². The number of pyridine rings is 1. The van der Waals surface area contributed by atoms with Gasteiger partial charge in [-0.1, -0.05) is 17.7 Å². The lowest BCUT2D eigenvalue weighted by Gasteiger charge is -1.79. The third-order valence-corrected chi connectivity index (χ3v) is 0.852. The molecule has 2 N–H and O–H groups in total. The summed E-state index contributed by atoms with van der Waals surface area (Å²) in [6.07, 6.45) is 1.66. The largest absolute Gasteiger partial charge is 0.394 e. The van der Waals surface area contributed by atoms with Crippen molar-refractivity contribution in [3.05, 3.63) is 29.5 Å². The zero-order chi connectivity index (χ0) is 9.61. The van der Waals surface area contributed by atoms with Crippen molar-refractivity contribution in [1.82, 2.24) is 4.98 Å². The third-order valence-electron chi connectivity index (χ3n) is 0.629. The summed E-state index contributed by atoms with van der Waals surface area (Å²) in [5.74, 6) is 0. The number of hydrogen-bond acceptors (Lipinski definition) is 3. The molecule has 0 spiro atoms. The first-order valence-electron chi connectivity index (χ1n) is 2.66. The van der Waals surface area contributed by atoms with Crippen LogP contribution in [-0.2, 0) is 10.4 Å². The van der Waals surface area contributed by atoms with Crippen LogP contribution in [0.5, 0.6) is 0 Å². The standard InChI is InChI=1S/C5H4ClN.H2O4S/c6-5-3-1-2-4-7-5;1-5(2,3)4/h1-4H;(H2,1,2,3,4). The molecule has 0 aliphatic carbocycles. The Hall–Kier alpha value is -0.690. The Kier molecular flexibility index (Phi) is 4.75. The Labute approximate surface area is 74.6 Å². The molecule has 0 aromatic carbocycles. The molecular weight excluding hydrogens is 206 g/mol. The van der Waals surface area contributed by atoms with Crippen LogP contribution in [0, 0.1) is 0 Å². The third kappa shape index (κ3) is 12.0. The molecule has 68 valence electrons. The predicted octanol–water partition coefficient (Wildman–Crippen LogP) is 1.08. The van der Waals surface area contributed by atoms with Gasteiger partial charge < -0.3 is 0 Å². The maximum atomic E-state index is 8.74. The van der Waals surface area contributed by atoms with E-state index >= 15 is 0 Å². The summed E-state index contributed by atoms with van der Waals surface area (Å²) in [5.41, 5.74) is 0. The van der Waals surface area contributed by atoms with Crippen molar-refractivity contribution >= 4 is 22.0 Å². The maximum absolute atomic E-state index is 8.74. The van der Waals surface area contributed by atoms with Crippen LogP contribution >= 0.6 is 11.6 Å². The monoisotopic (exact) mass is 211 g/mol. The van der Waals surface area contributed by atoms with Crippen molar-refractivity contribution in [3.8, 4) is 0 Å². The van der Waals surface area contributed by atoms with Crippen LogP contribution in [0.4, 0.5) is 0 Å². The smallest absolute Gasteiger partial charge is 0.264 e. The van der Waals surface area contributed by atoms with Gasteiger partial charge in [0.05, 0.1) is 0 Å². The zero-order valence-electron chi connectivity index (χ0n) is 5.75. The van der Waals surface area contributed by atoms with E-state index in [9.17, 15) is 0 Å². The Balaban J connectivity index is 0.000000217. The Bertz CT molecular complexity index is 303. The molecule has 1 heterocycles. The highest BCUT2D eigenvalue weighted by molar-refractivity contribution is 7.79. The molecule has 5 nitrogen and oxygen atoms in total. The molecule has 0 saturated heterocycles. The molecule has 0 aliphatic rings. The summed E-state index contributed by atoms with van der Waals surface area (Å²) in [6, 6.07) is 5.41. The highest BCUT2D eigenvalue weighted by Gasteiger charge is 1.84. The van der Waals surface area contributed by atoms with Gasteiger partial charge >= 0.3 is 10.4 Å². The van der Waals surface area contributed by atoms with Gasteiger partial charge in [0.25, 0.3) is 0 Å². The lowest BCUT2D eigenvalue weighted by atomic mass is 10.5. The van der Waals surface area contributed by atoms with Crippen molar-refractivity contribution in [2.45, 2.75) is 0 Å². The molecule has 7 heteroatoms. The van der Waals surface area contributed by atoms with E-state index in [1.54, 1.807) is 12.3 Å². The Morgan fingerprint density at radius 3 is 2.00 bits per heavy atom. The van der Waals surface area contributed by atoms with Crippen molar-refractivity contribution in [2.24, 2.45) is 0 Å². The van der Waals surface area contributed by atoms with E-state index in [0.717, 1.165) is 0 Å². The summed E-state index contributed by atoms with van der Waals surface area (Å²) in [5, 5.41) is 0.544. The molecule has 0 aliphatic heterocycles. The fourth-order valence-electron chi connectivity index (χ4n) is 0.342. The number of hydrogen-bond donors (Lipinski definition) is 2. The fourth-order valence-corrected chi connectivity index (χ4v) is 0.471. The number of nitrogens with zero attached hydrogens (tertiary/aromatic N) is 1. The van der Waals surface area contributed by atoms with E-state index < -0.39 is 10.4 Å². The molecule has 0 fully saturated rings. The Morgan fingerprint density at radius 2 is 1.83 bits per heavy atom. The van der Waals surface area contributed by atoms with Gasteiger partial charge in [-0.05, 0) is 12.1 Å². The summed E-state index contributed by atoms with van der Waals surface area (Å²) >= 11 is 5.43. The zero-order valence-corrected chi connectivity index (χ0v) is 7.33. The SMILES string of the molecule is Clc1ccccn1.O=S(=O)(O)O. The molecule has 0 unspecified atom stereocenters. The topological polar surface area (TPSA) is 87.5 Å². The molecule has 1 aromatic rings. The van der Waals surface area contributed by atoms with Gasteiger partial charge in [-0.2, -0.15) is 8.42 Å². The van der Waals surface area contributed by atoms with Gasteiger partial charge in [-0.3, -0.25) is 9.11 Å². The summed E-state index contributed by atoms with van der Waals surface area (Å²) in [4.78, 5) is 3.74. The van der Waals surface area contributed by atoms with Crippen molar-refractivity contribution in [2.75, 3.05) is 0 Å². The van der Waals surface area contributed by atoms with Crippen molar-refractivity contribution < 1.29 is 17.5 Å². The van der Waals surface area contributed by atoms with E-state index in [1.165, 1.54) is 0 Å². The predicted molar refractivity (Wildman–Crippen MR) is 43.4 cm³/mol. The number of halogens is 1. The molecule has 0 atom stereocenters. The first-order chi connectivity index (χ1) is 5.39. The summed E-state index contributed by atoms with van der Waals surface area (Å²) in [6.45, 7) is 0. The highest BCUT2D eigenvalue weighted by atomic mass is 35.5.